The van der Waals surface area contributed by atoms with E-state index >= 15 is 0 Å². The van der Waals surface area contributed by atoms with Gasteiger partial charge in [-0.05, 0) is 32.0 Å². The van der Waals surface area contributed by atoms with Gasteiger partial charge in [0, 0.05) is 17.5 Å². The lowest BCUT2D eigenvalue weighted by molar-refractivity contribution is 0.340. The molecule has 3 nitrogen and oxygen atoms in total. The van der Waals surface area contributed by atoms with Gasteiger partial charge in [0.2, 0.25) is 0 Å². The summed E-state index contributed by atoms with van der Waals surface area (Å²) in [6, 6.07) is 8.13. The van der Waals surface area contributed by atoms with E-state index in [1.807, 2.05) is 19.1 Å². The number of aromatic nitrogens is 1. The highest BCUT2D eigenvalue weighted by Crippen LogP contribution is 2.26. The van der Waals surface area contributed by atoms with Crippen LogP contribution in [0.2, 0.25) is 0 Å². The lowest BCUT2D eigenvalue weighted by Gasteiger charge is -2.04. The SMILES string of the molecule is CCCCNCc1csc(-c2cccc(OCC)c2)n1. The summed E-state index contributed by atoms with van der Waals surface area (Å²) in [7, 11) is 0. The normalized spacial score (nSPS) is 10.7. The van der Waals surface area contributed by atoms with Crippen molar-refractivity contribution >= 4 is 11.3 Å². The van der Waals surface area contributed by atoms with E-state index in [4.69, 9.17) is 4.74 Å². The maximum Gasteiger partial charge on any atom is 0.123 e. The van der Waals surface area contributed by atoms with E-state index in [-0.39, 0.29) is 0 Å². The molecule has 0 unspecified atom stereocenters. The summed E-state index contributed by atoms with van der Waals surface area (Å²) in [5.41, 5.74) is 2.24. The van der Waals surface area contributed by atoms with Crippen molar-refractivity contribution in [3.05, 3.63) is 35.3 Å². The summed E-state index contributed by atoms with van der Waals surface area (Å²) in [6.07, 6.45) is 2.44. The Kier molecular flexibility index (Phi) is 6.02. The monoisotopic (exact) mass is 290 g/mol. The zero-order valence-electron chi connectivity index (χ0n) is 12.2. The third-order valence-corrected chi connectivity index (χ3v) is 3.90. The molecule has 108 valence electrons. The van der Waals surface area contributed by atoms with Crippen LogP contribution in [0.25, 0.3) is 10.6 Å². The Morgan fingerprint density at radius 2 is 2.20 bits per heavy atom. The molecule has 2 rings (SSSR count). The predicted molar refractivity (Wildman–Crippen MR) is 85.3 cm³/mol. The smallest absolute Gasteiger partial charge is 0.123 e. The van der Waals surface area contributed by atoms with Crippen LogP contribution in [0.3, 0.4) is 0 Å². The Hall–Kier alpha value is -1.39. The molecule has 0 spiro atoms. The van der Waals surface area contributed by atoms with E-state index in [1.54, 1.807) is 11.3 Å². The number of benzene rings is 1. The van der Waals surface area contributed by atoms with Gasteiger partial charge in [-0.1, -0.05) is 25.5 Å². The molecule has 0 aliphatic carbocycles. The summed E-state index contributed by atoms with van der Waals surface area (Å²) in [4.78, 5) is 4.68. The first-order chi connectivity index (χ1) is 9.83. The second kappa shape index (κ2) is 8.02. The van der Waals surface area contributed by atoms with Gasteiger partial charge in [-0.15, -0.1) is 11.3 Å². The van der Waals surface area contributed by atoms with Gasteiger partial charge in [0.25, 0.3) is 0 Å². The lowest BCUT2D eigenvalue weighted by Crippen LogP contribution is -2.14. The predicted octanol–water partition coefficient (Wildman–Crippen LogP) is 4.10. The van der Waals surface area contributed by atoms with Crippen molar-refractivity contribution in [3.63, 3.8) is 0 Å². The highest BCUT2D eigenvalue weighted by Gasteiger charge is 2.05. The van der Waals surface area contributed by atoms with Gasteiger partial charge >= 0.3 is 0 Å². The van der Waals surface area contributed by atoms with Crippen molar-refractivity contribution in [2.45, 2.75) is 33.2 Å². The first-order valence-corrected chi connectivity index (χ1v) is 8.09. The van der Waals surface area contributed by atoms with Gasteiger partial charge < -0.3 is 10.1 Å². The van der Waals surface area contributed by atoms with Gasteiger partial charge in [0.05, 0.1) is 12.3 Å². The molecule has 0 saturated heterocycles. The minimum Gasteiger partial charge on any atom is -0.494 e. The third kappa shape index (κ3) is 4.32. The van der Waals surface area contributed by atoms with Gasteiger partial charge in [-0.25, -0.2) is 4.98 Å². The average Bonchev–Trinajstić information content (AvgIpc) is 2.93. The van der Waals surface area contributed by atoms with Crippen LogP contribution in [0.15, 0.2) is 29.6 Å². The van der Waals surface area contributed by atoms with E-state index in [1.165, 1.54) is 12.8 Å². The number of nitrogens with one attached hydrogen (secondary N) is 1. The number of unbranched alkanes of at least 4 members (excludes halogenated alkanes) is 1. The average molecular weight is 290 g/mol. The minimum absolute atomic E-state index is 0.688. The fourth-order valence-corrected chi connectivity index (χ4v) is 2.74. The number of ether oxygens (including phenoxy) is 1. The fourth-order valence-electron chi connectivity index (χ4n) is 1.92. The van der Waals surface area contributed by atoms with Crippen LogP contribution in [0.4, 0.5) is 0 Å². The molecule has 0 fully saturated rings. The maximum atomic E-state index is 5.53. The lowest BCUT2D eigenvalue weighted by atomic mass is 10.2. The van der Waals surface area contributed by atoms with Crippen molar-refractivity contribution in [1.82, 2.24) is 10.3 Å². The summed E-state index contributed by atoms with van der Waals surface area (Å²) in [6.45, 7) is 6.79. The number of nitrogens with zero attached hydrogens (tertiary/aromatic N) is 1. The molecule has 0 radical (unpaired) electrons. The summed E-state index contributed by atoms with van der Waals surface area (Å²) >= 11 is 1.69. The number of hydrogen-bond donors (Lipinski definition) is 1. The van der Waals surface area contributed by atoms with Crippen LogP contribution >= 0.6 is 11.3 Å². The first kappa shape index (κ1) is 15.0. The fraction of sp³-hybridized carbons (Fsp3) is 0.438. The quantitative estimate of drug-likeness (QED) is 0.743. The molecule has 1 aromatic heterocycles. The molecule has 1 aromatic carbocycles. The van der Waals surface area contributed by atoms with Gasteiger partial charge in [-0.2, -0.15) is 0 Å². The maximum absolute atomic E-state index is 5.53. The van der Waals surface area contributed by atoms with Crippen molar-refractivity contribution in [3.8, 4) is 16.3 Å². The Balaban J connectivity index is 1.99. The van der Waals surface area contributed by atoms with E-state index in [2.05, 4.69) is 34.7 Å². The number of rotatable bonds is 8. The zero-order valence-corrected chi connectivity index (χ0v) is 13.0. The molecular weight excluding hydrogens is 268 g/mol. The van der Waals surface area contributed by atoms with Crippen LogP contribution in [0.5, 0.6) is 5.75 Å². The Morgan fingerprint density at radius 3 is 3.00 bits per heavy atom. The summed E-state index contributed by atoms with van der Waals surface area (Å²) in [5.74, 6) is 0.905. The molecule has 0 saturated carbocycles. The van der Waals surface area contributed by atoms with Crippen LogP contribution in [0.1, 0.15) is 32.4 Å². The first-order valence-electron chi connectivity index (χ1n) is 7.21. The molecule has 0 atom stereocenters. The van der Waals surface area contributed by atoms with E-state index in [0.717, 1.165) is 35.1 Å². The molecule has 1 N–H and O–H groups in total. The highest BCUT2D eigenvalue weighted by atomic mass is 32.1. The minimum atomic E-state index is 0.688. The van der Waals surface area contributed by atoms with Crippen molar-refractivity contribution in [2.24, 2.45) is 0 Å². The molecule has 0 bridgehead atoms. The Labute approximate surface area is 125 Å². The molecule has 0 aliphatic heterocycles. The second-order valence-electron chi connectivity index (χ2n) is 4.64. The summed E-state index contributed by atoms with van der Waals surface area (Å²) < 4.78 is 5.53. The molecule has 0 aliphatic rings. The van der Waals surface area contributed by atoms with E-state index in [9.17, 15) is 0 Å². The Morgan fingerprint density at radius 1 is 1.30 bits per heavy atom. The topological polar surface area (TPSA) is 34.1 Å². The van der Waals surface area contributed by atoms with Gasteiger partial charge in [-0.3, -0.25) is 0 Å². The second-order valence-corrected chi connectivity index (χ2v) is 5.49. The molecule has 2 aromatic rings. The third-order valence-electron chi connectivity index (χ3n) is 2.96. The van der Waals surface area contributed by atoms with E-state index < -0.39 is 0 Å². The molecule has 20 heavy (non-hydrogen) atoms. The van der Waals surface area contributed by atoms with E-state index in [0.29, 0.717) is 6.61 Å². The van der Waals surface area contributed by atoms with Gasteiger partial charge in [0.1, 0.15) is 10.8 Å². The summed E-state index contributed by atoms with van der Waals surface area (Å²) in [5, 5.41) is 6.60. The number of hydrogen-bond acceptors (Lipinski definition) is 4. The number of thiazole rings is 1. The van der Waals surface area contributed by atoms with Crippen molar-refractivity contribution in [2.75, 3.05) is 13.2 Å². The van der Waals surface area contributed by atoms with Crippen LogP contribution in [-0.4, -0.2) is 18.1 Å². The standard InChI is InChI=1S/C16H22N2OS/c1-3-5-9-17-11-14-12-20-16(18-14)13-7-6-8-15(10-13)19-4-2/h6-8,10,12,17H,3-5,9,11H2,1-2H3. The molecule has 0 amide bonds. The Bertz CT molecular complexity index is 525. The molecule has 4 heteroatoms. The zero-order chi connectivity index (χ0) is 14.2. The van der Waals surface area contributed by atoms with Crippen LogP contribution in [-0.2, 0) is 6.54 Å². The van der Waals surface area contributed by atoms with Crippen molar-refractivity contribution in [1.29, 1.82) is 0 Å². The molecule has 1 heterocycles. The molecular formula is C16H22N2OS. The highest BCUT2D eigenvalue weighted by molar-refractivity contribution is 7.13. The van der Waals surface area contributed by atoms with Crippen LogP contribution < -0.4 is 10.1 Å². The largest absolute Gasteiger partial charge is 0.494 e. The van der Waals surface area contributed by atoms with Crippen LogP contribution in [0, 0.1) is 0 Å². The van der Waals surface area contributed by atoms with Gasteiger partial charge in [0.15, 0.2) is 0 Å². The van der Waals surface area contributed by atoms with Crippen molar-refractivity contribution < 1.29 is 4.74 Å².